The first-order valence-electron chi connectivity index (χ1n) is 10.3. The summed E-state index contributed by atoms with van der Waals surface area (Å²) >= 11 is 0. The molecule has 33 heavy (non-hydrogen) atoms. The first-order chi connectivity index (χ1) is 15.8. The van der Waals surface area contributed by atoms with E-state index in [1.165, 1.54) is 29.1 Å². The fraction of sp³-hybridized carbons (Fsp3) is 0.208. The molecule has 2 N–H and O–H groups in total. The van der Waals surface area contributed by atoms with Crippen molar-refractivity contribution in [3.63, 3.8) is 0 Å². The Morgan fingerprint density at radius 2 is 1.94 bits per heavy atom. The van der Waals surface area contributed by atoms with Gasteiger partial charge in [-0.2, -0.15) is 18.3 Å². The van der Waals surface area contributed by atoms with Gasteiger partial charge >= 0.3 is 6.18 Å². The second-order valence-corrected chi connectivity index (χ2v) is 7.66. The van der Waals surface area contributed by atoms with Gasteiger partial charge in [0.15, 0.2) is 11.4 Å². The maximum absolute atomic E-state index is 13.2. The van der Waals surface area contributed by atoms with Crippen molar-refractivity contribution in [1.29, 1.82) is 5.41 Å². The minimum absolute atomic E-state index is 0.0185. The third-order valence-corrected chi connectivity index (χ3v) is 5.05. The van der Waals surface area contributed by atoms with E-state index in [1.54, 1.807) is 24.3 Å². The SMILES string of the molecule is N=C/C=C(\Nc1ccccc1)c1nn(-c2cccc(C(F)(F)F)c2)cc(OCC2CC2)c1=O. The van der Waals surface area contributed by atoms with Crippen LogP contribution >= 0.6 is 0 Å². The number of halogens is 3. The number of hydrogen-bond donors (Lipinski definition) is 2. The highest BCUT2D eigenvalue weighted by Crippen LogP contribution is 2.31. The van der Waals surface area contributed by atoms with Gasteiger partial charge in [0.25, 0.3) is 5.43 Å². The summed E-state index contributed by atoms with van der Waals surface area (Å²) in [5, 5.41) is 14.9. The smallest absolute Gasteiger partial charge is 0.416 e. The maximum atomic E-state index is 13.2. The Morgan fingerprint density at radius 1 is 1.18 bits per heavy atom. The van der Waals surface area contributed by atoms with Crippen LogP contribution in [-0.2, 0) is 6.18 Å². The molecular formula is C24H21F3N4O2. The molecule has 0 radical (unpaired) electrons. The Bertz CT molecular complexity index is 1230. The summed E-state index contributed by atoms with van der Waals surface area (Å²) in [5.74, 6) is 0.345. The highest BCUT2D eigenvalue weighted by molar-refractivity contribution is 5.87. The van der Waals surface area contributed by atoms with Gasteiger partial charge in [0.05, 0.1) is 29.8 Å². The molecule has 9 heteroatoms. The summed E-state index contributed by atoms with van der Waals surface area (Å²) < 4.78 is 46.7. The van der Waals surface area contributed by atoms with Crippen LogP contribution in [-0.4, -0.2) is 22.6 Å². The fourth-order valence-corrected chi connectivity index (χ4v) is 3.14. The van der Waals surface area contributed by atoms with Crippen molar-refractivity contribution in [2.45, 2.75) is 19.0 Å². The van der Waals surface area contributed by atoms with Crippen LogP contribution < -0.4 is 15.5 Å². The molecule has 1 saturated carbocycles. The quantitative estimate of drug-likeness (QED) is 0.462. The predicted octanol–water partition coefficient (Wildman–Crippen LogP) is 5.14. The molecular weight excluding hydrogens is 433 g/mol. The largest absolute Gasteiger partial charge is 0.488 e. The average molecular weight is 454 g/mol. The number of nitrogens with one attached hydrogen (secondary N) is 2. The van der Waals surface area contributed by atoms with Crippen LogP contribution in [0.15, 0.2) is 71.7 Å². The lowest BCUT2D eigenvalue weighted by atomic mass is 10.2. The van der Waals surface area contributed by atoms with Crippen molar-refractivity contribution in [3.8, 4) is 11.4 Å². The number of benzene rings is 2. The number of rotatable bonds is 8. The van der Waals surface area contributed by atoms with Gasteiger partial charge in [-0.1, -0.05) is 24.3 Å². The van der Waals surface area contributed by atoms with Crippen LogP contribution in [0.5, 0.6) is 5.75 Å². The summed E-state index contributed by atoms with van der Waals surface area (Å²) in [6.45, 7) is 0.344. The molecule has 0 atom stereocenters. The molecule has 3 aromatic rings. The van der Waals surface area contributed by atoms with Crippen LogP contribution in [0.4, 0.5) is 18.9 Å². The lowest BCUT2D eigenvalue weighted by Crippen LogP contribution is -2.22. The van der Waals surface area contributed by atoms with Gasteiger partial charge in [0.1, 0.15) is 0 Å². The molecule has 6 nitrogen and oxygen atoms in total. The zero-order valence-corrected chi connectivity index (χ0v) is 17.5. The third kappa shape index (κ3) is 5.49. The zero-order chi connectivity index (χ0) is 23.4. The molecule has 0 amide bonds. The summed E-state index contributed by atoms with van der Waals surface area (Å²) in [4.78, 5) is 13.2. The van der Waals surface area contributed by atoms with E-state index in [0.29, 0.717) is 18.2 Å². The molecule has 0 bridgehead atoms. The molecule has 1 fully saturated rings. The number of ether oxygens (including phenoxy) is 1. The van der Waals surface area contributed by atoms with Gasteiger partial charge in [-0.15, -0.1) is 0 Å². The van der Waals surface area contributed by atoms with Crippen LogP contribution in [0.1, 0.15) is 24.1 Å². The average Bonchev–Trinajstić information content (AvgIpc) is 3.63. The van der Waals surface area contributed by atoms with E-state index in [2.05, 4.69) is 10.4 Å². The molecule has 1 aliphatic carbocycles. The number of alkyl halides is 3. The Labute approximate surface area is 187 Å². The van der Waals surface area contributed by atoms with Gasteiger partial charge in [-0.3, -0.25) is 4.79 Å². The number of aromatic nitrogens is 2. The number of hydrogen-bond acceptors (Lipinski definition) is 5. The first kappa shape index (κ1) is 22.3. The summed E-state index contributed by atoms with van der Waals surface area (Å²) in [6, 6.07) is 13.6. The fourth-order valence-electron chi connectivity index (χ4n) is 3.14. The molecule has 1 aliphatic rings. The standard InChI is InChI=1S/C24H21F3N4O2/c25-24(26,27)17-5-4-8-19(13-17)31-14-21(33-15-16-9-10-16)23(32)22(30-31)20(11-12-28)29-18-6-2-1-3-7-18/h1-8,11-14,16,28-29H,9-10,15H2/b20-11-,28-12?. The molecule has 2 aromatic carbocycles. The Balaban J connectivity index is 1.81. The van der Waals surface area contributed by atoms with Crippen molar-refractivity contribution >= 4 is 17.6 Å². The lowest BCUT2D eigenvalue weighted by Gasteiger charge is -2.15. The topological polar surface area (TPSA) is 80.0 Å². The van der Waals surface area contributed by atoms with E-state index >= 15 is 0 Å². The molecule has 0 spiro atoms. The van der Waals surface area contributed by atoms with E-state index in [-0.39, 0.29) is 22.8 Å². The second-order valence-electron chi connectivity index (χ2n) is 7.66. The lowest BCUT2D eigenvalue weighted by molar-refractivity contribution is -0.137. The van der Waals surface area contributed by atoms with Gasteiger partial charge in [0, 0.05) is 11.9 Å². The summed E-state index contributed by atoms with van der Waals surface area (Å²) in [6.07, 6.45) is 1.15. The number of nitrogens with zero attached hydrogens (tertiary/aromatic N) is 2. The van der Waals surface area contributed by atoms with Crippen molar-refractivity contribution in [2.24, 2.45) is 5.92 Å². The minimum atomic E-state index is -4.52. The van der Waals surface area contributed by atoms with E-state index in [4.69, 9.17) is 10.1 Å². The van der Waals surface area contributed by atoms with Crippen LogP contribution in [0.3, 0.4) is 0 Å². The first-order valence-corrected chi connectivity index (χ1v) is 10.3. The zero-order valence-electron chi connectivity index (χ0n) is 17.5. The van der Waals surface area contributed by atoms with Crippen LogP contribution in [0.25, 0.3) is 11.4 Å². The van der Waals surface area contributed by atoms with Crippen LogP contribution in [0.2, 0.25) is 0 Å². The van der Waals surface area contributed by atoms with E-state index in [1.807, 2.05) is 6.07 Å². The van der Waals surface area contributed by atoms with Gasteiger partial charge in [-0.05, 0) is 55.2 Å². The van der Waals surface area contributed by atoms with Crippen molar-refractivity contribution in [1.82, 2.24) is 9.78 Å². The Kier molecular flexibility index (Phi) is 6.30. The van der Waals surface area contributed by atoms with Crippen molar-refractivity contribution in [2.75, 3.05) is 11.9 Å². The molecule has 4 rings (SSSR count). The van der Waals surface area contributed by atoms with Gasteiger partial charge < -0.3 is 15.5 Å². The van der Waals surface area contributed by atoms with Gasteiger partial charge in [0.2, 0.25) is 0 Å². The summed E-state index contributed by atoms with van der Waals surface area (Å²) in [5.41, 5.74) is -0.430. The van der Waals surface area contributed by atoms with E-state index in [0.717, 1.165) is 31.2 Å². The number of allylic oxidation sites excluding steroid dienone is 1. The highest BCUT2D eigenvalue weighted by Gasteiger charge is 2.31. The monoisotopic (exact) mass is 454 g/mol. The van der Waals surface area contributed by atoms with Gasteiger partial charge in [-0.25, -0.2) is 4.68 Å². The second kappa shape index (κ2) is 9.32. The van der Waals surface area contributed by atoms with Crippen LogP contribution in [0, 0.1) is 11.3 Å². The molecule has 1 aromatic heterocycles. The molecule has 0 unspecified atom stereocenters. The summed E-state index contributed by atoms with van der Waals surface area (Å²) in [7, 11) is 0. The molecule has 0 aliphatic heterocycles. The minimum Gasteiger partial charge on any atom is -0.488 e. The molecule has 1 heterocycles. The van der Waals surface area contributed by atoms with E-state index in [9.17, 15) is 18.0 Å². The normalized spacial score (nSPS) is 14.1. The third-order valence-electron chi connectivity index (χ3n) is 5.05. The highest BCUT2D eigenvalue weighted by atomic mass is 19.4. The Morgan fingerprint density at radius 3 is 2.61 bits per heavy atom. The van der Waals surface area contributed by atoms with E-state index < -0.39 is 17.2 Å². The molecule has 170 valence electrons. The van der Waals surface area contributed by atoms with Crippen molar-refractivity contribution < 1.29 is 17.9 Å². The Hall–Kier alpha value is -3.88. The number of para-hydroxylation sites is 1. The number of anilines is 1. The van der Waals surface area contributed by atoms with Crippen molar-refractivity contribution in [3.05, 3.63) is 88.4 Å². The predicted molar refractivity (Wildman–Crippen MR) is 120 cm³/mol. The maximum Gasteiger partial charge on any atom is 0.416 e. The molecule has 0 saturated heterocycles.